The predicted molar refractivity (Wildman–Crippen MR) is 102 cm³/mol. The predicted octanol–water partition coefficient (Wildman–Crippen LogP) is 4.58. The Bertz CT molecular complexity index is 968. The topological polar surface area (TPSA) is 56.2 Å². The molecule has 0 bridgehead atoms. The smallest absolute Gasteiger partial charge is 0.387 e. The van der Waals surface area contributed by atoms with Crippen LogP contribution >= 0.6 is 0 Å². The average molecular weight is 385 g/mol. The van der Waals surface area contributed by atoms with Crippen LogP contribution in [0.15, 0.2) is 54.6 Å². The number of nitrogens with one attached hydrogen (secondary N) is 1. The van der Waals surface area contributed by atoms with Crippen molar-refractivity contribution < 1.29 is 18.3 Å². The fourth-order valence-corrected chi connectivity index (χ4v) is 2.97. The van der Waals surface area contributed by atoms with Crippen LogP contribution in [-0.2, 0) is 0 Å². The van der Waals surface area contributed by atoms with Gasteiger partial charge in [-0.3, -0.25) is 4.79 Å². The Morgan fingerprint density at radius 1 is 1.11 bits per heavy atom. The van der Waals surface area contributed by atoms with Gasteiger partial charge in [0.25, 0.3) is 5.91 Å². The van der Waals surface area contributed by atoms with Gasteiger partial charge < -0.3 is 10.1 Å². The second-order valence-electron chi connectivity index (χ2n) is 6.53. The summed E-state index contributed by atoms with van der Waals surface area (Å²) in [6.45, 7) is 2.78. The van der Waals surface area contributed by atoms with Crippen LogP contribution in [-0.4, -0.2) is 22.3 Å². The Balaban J connectivity index is 1.70. The molecule has 0 fully saturated rings. The number of carbonyl (C=O) groups excluding carboxylic acids is 1. The molecule has 0 radical (unpaired) electrons. The summed E-state index contributed by atoms with van der Waals surface area (Å²) in [5.41, 5.74) is 3.97. The number of hydrogen-bond donors (Lipinski definition) is 1. The summed E-state index contributed by atoms with van der Waals surface area (Å²) in [7, 11) is 0. The molecule has 0 spiro atoms. The third kappa shape index (κ3) is 4.54. The lowest BCUT2D eigenvalue weighted by Crippen LogP contribution is -2.26. The summed E-state index contributed by atoms with van der Waals surface area (Å²) >= 11 is 0. The number of ether oxygens (including phenoxy) is 1. The van der Waals surface area contributed by atoms with Crippen LogP contribution in [0, 0.1) is 13.8 Å². The van der Waals surface area contributed by atoms with E-state index in [2.05, 4.69) is 15.2 Å². The zero-order chi connectivity index (χ0) is 20.3. The van der Waals surface area contributed by atoms with E-state index in [1.54, 1.807) is 31.2 Å². The van der Waals surface area contributed by atoms with Gasteiger partial charge in [-0.2, -0.15) is 13.9 Å². The zero-order valence-electron chi connectivity index (χ0n) is 15.8. The van der Waals surface area contributed by atoms with E-state index in [1.807, 2.05) is 36.7 Å². The Labute approximate surface area is 161 Å². The standard InChI is InChI=1S/C21H21F2N3O2/c1-13-11-14(2)26(25-13)18-9-7-16(8-10-18)20(27)24-15(3)17-5-4-6-19(12-17)28-21(22)23/h4-12,15,21H,1-3H3,(H,24,27). The molecule has 1 heterocycles. The molecule has 1 atom stereocenters. The summed E-state index contributed by atoms with van der Waals surface area (Å²) < 4.78 is 31.0. The lowest BCUT2D eigenvalue weighted by Gasteiger charge is -2.16. The van der Waals surface area contributed by atoms with E-state index in [1.165, 1.54) is 12.1 Å². The molecule has 0 saturated heterocycles. The number of amides is 1. The zero-order valence-corrected chi connectivity index (χ0v) is 15.8. The maximum absolute atomic E-state index is 12.5. The summed E-state index contributed by atoms with van der Waals surface area (Å²) in [5, 5.41) is 7.29. The third-order valence-electron chi connectivity index (χ3n) is 4.31. The highest BCUT2D eigenvalue weighted by atomic mass is 19.3. The number of aromatic nitrogens is 2. The van der Waals surface area contributed by atoms with Crippen LogP contribution in [0.4, 0.5) is 8.78 Å². The quantitative estimate of drug-likeness (QED) is 0.676. The highest BCUT2D eigenvalue weighted by Crippen LogP contribution is 2.21. The van der Waals surface area contributed by atoms with Crippen molar-refractivity contribution in [1.29, 1.82) is 0 Å². The first kappa shape index (κ1) is 19.5. The van der Waals surface area contributed by atoms with Gasteiger partial charge in [-0.25, -0.2) is 4.68 Å². The normalized spacial score (nSPS) is 12.1. The Morgan fingerprint density at radius 2 is 1.82 bits per heavy atom. The maximum atomic E-state index is 12.5. The molecule has 3 rings (SSSR count). The van der Waals surface area contributed by atoms with Gasteiger partial charge in [0.15, 0.2) is 0 Å². The van der Waals surface area contributed by atoms with Gasteiger partial charge >= 0.3 is 6.61 Å². The lowest BCUT2D eigenvalue weighted by atomic mass is 10.1. The minimum Gasteiger partial charge on any atom is -0.435 e. The molecule has 146 valence electrons. The van der Waals surface area contributed by atoms with E-state index in [9.17, 15) is 13.6 Å². The molecule has 28 heavy (non-hydrogen) atoms. The summed E-state index contributed by atoms with van der Waals surface area (Å²) in [5.74, 6) is -0.199. The minimum absolute atomic E-state index is 0.0582. The first-order valence-electron chi connectivity index (χ1n) is 8.83. The Morgan fingerprint density at radius 3 is 2.43 bits per heavy atom. The van der Waals surface area contributed by atoms with E-state index in [0.29, 0.717) is 11.1 Å². The van der Waals surface area contributed by atoms with Gasteiger partial charge in [-0.1, -0.05) is 12.1 Å². The lowest BCUT2D eigenvalue weighted by molar-refractivity contribution is -0.0499. The molecular weight excluding hydrogens is 364 g/mol. The van der Waals surface area contributed by atoms with Crippen LogP contribution in [0.5, 0.6) is 5.75 Å². The first-order valence-corrected chi connectivity index (χ1v) is 8.83. The van der Waals surface area contributed by atoms with Crippen LogP contribution in [0.1, 0.15) is 40.3 Å². The van der Waals surface area contributed by atoms with E-state index in [-0.39, 0.29) is 17.7 Å². The van der Waals surface area contributed by atoms with Gasteiger partial charge in [-0.05, 0) is 68.8 Å². The van der Waals surface area contributed by atoms with Crippen molar-refractivity contribution in [3.05, 3.63) is 77.1 Å². The second kappa shape index (κ2) is 8.21. The summed E-state index contributed by atoms with van der Waals surface area (Å²) in [6.07, 6.45) is 0. The monoisotopic (exact) mass is 385 g/mol. The van der Waals surface area contributed by atoms with Crippen molar-refractivity contribution in [2.75, 3.05) is 0 Å². The molecule has 7 heteroatoms. The molecule has 1 aromatic heterocycles. The minimum atomic E-state index is -2.89. The summed E-state index contributed by atoms with van der Waals surface area (Å²) in [6, 6.07) is 15.0. The average Bonchev–Trinajstić information content (AvgIpc) is 2.99. The summed E-state index contributed by atoms with van der Waals surface area (Å²) in [4.78, 5) is 12.5. The molecule has 3 aromatic rings. The van der Waals surface area contributed by atoms with Gasteiger partial charge in [0.1, 0.15) is 5.75 Å². The SMILES string of the molecule is Cc1cc(C)n(-c2ccc(C(=O)NC(C)c3cccc(OC(F)F)c3)cc2)n1. The molecule has 0 saturated carbocycles. The molecule has 5 nitrogen and oxygen atoms in total. The van der Waals surface area contributed by atoms with Gasteiger partial charge in [0, 0.05) is 11.3 Å². The third-order valence-corrected chi connectivity index (χ3v) is 4.31. The fourth-order valence-electron chi connectivity index (χ4n) is 2.97. The molecule has 1 amide bonds. The van der Waals surface area contributed by atoms with E-state index < -0.39 is 6.61 Å². The number of halogens is 2. The highest BCUT2D eigenvalue weighted by molar-refractivity contribution is 5.94. The van der Waals surface area contributed by atoms with Crippen molar-refractivity contribution in [3.8, 4) is 11.4 Å². The Hall–Kier alpha value is -3.22. The number of rotatable bonds is 6. The number of nitrogens with zero attached hydrogens (tertiary/aromatic N) is 2. The van der Waals surface area contributed by atoms with Crippen LogP contribution < -0.4 is 10.1 Å². The first-order chi connectivity index (χ1) is 13.3. The number of hydrogen-bond acceptors (Lipinski definition) is 3. The number of aryl methyl sites for hydroxylation is 2. The van der Waals surface area contributed by atoms with Crippen LogP contribution in [0.3, 0.4) is 0 Å². The van der Waals surface area contributed by atoms with Gasteiger partial charge in [0.2, 0.25) is 0 Å². The molecule has 1 N–H and O–H groups in total. The largest absolute Gasteiger partial charge is 0.435 e. The van der Waals surface area contributed by atoms with Crippen molar-refractivity contribution in [2.24, 2.45) is 0 Å². The van der Waals surface area contributed by atoms with E-state index in [0.717, 1.165) is 17.1 Å². The molecule has 0 aliphatic carbocycles. The highest BCUT2D eigenvalue weighted by Gasteiger charge is 2.14. The van der Waals surface area contributed by atoms with E-state index >= 15 is 0 Å². The number of carbonyl (C=O) groups is 1. The van der Waals surface area contributed by atoms with Crippen molar-refractivity contribution in [3.63, 3.8) is 0 Å². The van der Waals surface area contributed by atoms with Gasteiger partial charge in [0.05, 0.1) is 17.4 Å². The Kier molecular flexibility index (Phi) is 5.73. The van der Waals surface area contributed by atoms with Crippen LogP contribution in [0.25, 0.3) is 5.69 Å². The fraction of sp³-hybridized carbons (Fsp3) is 0.238. The molecule has 2 aromatic carbocycles. The maximum Gasteiger partial charge on any atom is 0.387 e. The van der Waals surface area contributed by atoms with Crippen molar-refractivity contribution >= 4 is 5.91 Å². The molecule has 1 unspecified atom stereocenters. The van der Waals surface area contributed by atoms with Crippen LogP contribution in [0.2, 0.25) is 0 Å². The number of benzene rings is 2. The van der Waals surface area contributed by atoms with Crippen molar-refractivity contribution in [1.82, 2.24) is 15.1 Å². The van der Waals surface area contributed by atoms with Crippen molar-refractivity contribution in [2.45, 2.75) is 33.4 Å². The second-order valence-corrected chi connectivity index (χ2v) is 6.53. The molecular formula is C21H21F2N3O2. The molecule has 0 aliphatic heterocycles. The van der Waals surface area contributed by atoms with E-state index in [4.69, 9.17) is 0 Å². The number of alkyl halides is 2. The molecule has 0 aliphatic rings. The van der Waals surface area contributed by atoms with Gasteiger partial charge in [-0.15, -0.1) is 0 Å².